The number of nitrogens with zero attached hydrogens (tertiary/aromatic N) is 2. The zero-order valence-corrected chi connectivity index (χ0v) is 7.53. The van der Waals surface area contributed by atoms with Gasteiger partial charge in [0.1, 0.15) is 0 Å². The van der Waals surface area contributed by atoms with E-state index in [1.165, 1.54) is 0 Å². The molecule has 0 bridgehead atoms. The molecule has 2 rings (SSSR count). The molecule has 0 aliphatic rings. The molecule has 0 aliphatic heterocycles. The zero-order chi connectivity index (χ0) is 9.10. The molecule has 0 amide bonds. The maximum absolute atomic E-state index is 5.49. The molecule has 2 aromatic rings. The normalized spacial score (nSPS) is 10.2. The van der Waals surface area contributed by atoms with Crippen molar-refractivity contribution in [3.05, 3.63) is 47.1 Å². The van der Waals surface area contributed by atoms with Crippen LogP contribution in [0, 0.1) is 0 Å². The molecular weight excluding hydrogens is 188 g/mol. The van der Waals surface area contributed by atoms with Crippen LogP contribution < -0.4 is 0 Å². The Morgan fingerprint density at radius 1 is 1.15 bits per heavy atom. The van der Waals surface area contributed by atoms with E-state index >= 15 is 0 Å². The highest BCUT2D eigenvalue weighted by Crippen LogP contribution is 2.10. The minimum Gasteiger partial charge on any atom is -0.412 e. The molecule has 0 saturated carbocycles. The fraction of sp³-hybridized carbons (Fsp3) is 0.111. The number of benzene rings is 1. The summed E-state index contributed by atoms with van der Waals surface area (Å²) in [5, 5.41) is 7.41. The third kappa shape index (κ3) is 2.06. The van der Waals surface area contributed by atoms with E-state index < -0.39 is 0 Å². The third-order valence-electron chi connectivity index (χ3n) is 1.64. The lowest BCUT2D eigenvalue weighted by Crippen LogP contribution is -1.87. The van der Waals surface area contributed by atoms with Gasteiger partial charge in [-0.05, 0) is 17.2 Å². The van der Waals surface area contributed by atoms with E-state index in [2.05, 4.69) is 10.2 Å². The van der Waals surface area contributed by atoms with Crippen LogP contribution >= 0.6 is 11.6 Å². The summed E-state index contributed by atoms with van der Waals surface area (Å²) in [6.07, 6.45) is 0.626. The van der Waals surface area contributed by atoms with Crippen molar-refractivity contribution in [3.63, 3.8) is 0 Å². The lowest BCUT2D eigenvalue weighted by molar-refractivity contribution is 0.507. The van der Waals surface area contributed by atoms with Crippen LogP contribution in [0.3, 0.4) is 0 Å². The van der Waals surface area contributed by atoms with E-state index in [1.807, 2.05) is 30.3 Å². The Kier molecular flexibility index (Phi) is 2.27. The molecule has 0 aliphatic carbocycles. The van der Waals surface area contributed by atoms with Crippen LogP contribution in [-0.4, -0.2) is 10.2 Å². The smallest absolute Gasteiger partial charge is 0.312 e. The number of hydrogen-bond donors (Lipinski definition) is 0. The summed E-state index contributed by atoms with van der Waals surface area (Å²) in [7, 11) is 0. The van der Waals surface area contributed by atoms with Gasteiger partial charge in [0.05, 0.1) is 6.42 Å². The molecule has 1 aromatic carbocycles. The molecule has 0 saturated heterocycles. The molecule has 3 nitrogen and oxygen atoms in total. The maximum Gasteiger partial charge on any atom is 0.312 e. The van der Waals surface area contributed by atoms with Gasteiger partial charge in [0.2, 0.25) is 5.89 Å². The van der Waals surface area contributed by atoms with E-state index in [0.29, 0.717) is 12.3 Å². The van der Waals surface area contributed by atoms with E-state index in [0.717, 1.165) is 5.56 Å². The first-order valence-electron chi connectivity index (χ1n) is 3.86. The summed E-state index contributed by atoms with van der Waals surface area (Å²) in [5.41, 5.74) is 1.13. The van der Waals surface area contributed by atoms with Crippen LogP contribution in [0.15, 0.2) is 34.7 Å². The maximum atomic E-state index is 5.49. The summed E-state index contributed by atoms with van der Waals surface area (Å²) in [5.74, 6) is 0.538. The molecule has 0 fully saturated rings. The summed E-state index contributed by atoms with van der Waals surface area (Å²) < 4.78 is 5.03. The molecule has 13 heavy (non-hydrogen) atoms. The van der Waals surface area contributed by atoms with Crippen molar-refractivity contribution in [1.29, 1.82) is 0 Å². The van der Waals surface area contributed by atoms with Crippen molar-refractivity contribution in [3.8, 4) is 0 Å². The van der Waals surface area contributed by atoms with E-state index in [-0.39, 0.29) is 5.35 Å². The highest BCUT2D eigenvalue weighted by atomic mass is 35.5. The SMILES string of the molecule is Clc1nnc(Cc2ccccc2)o1. The Hall–Kier alpha value is -1.35. The first-order valence-corrected chi connectivity index (χ1v) is 4.24. The van der Waals surface area contributed by atoms with Crippen LogP contribution in [0.1, 0.15) is 11.5 Å². The summed E-state index contributed by atoms with van der Waals surface area (Å²) >= 11 is 5.49. The van der Waals surface area contributed by atoms with Crippen LogP contribution in [0.2, 0.25) is 5.35 Å². The van der Waals surface area contributed by atoms with Crippen LogP contribution in [0.5, 0.6) is 0 Å². The Labute approximate surface area is 80.4 Å². The molecule has 0 radical (unpaired) electrons. The van der Waals surface area contributed by atoms with Gasteiger partial charge >= 0.3 is 5.35 Å². The summed E-state index contributed by atoms with van der Waals surface area (Å²) in [4.78, 5) is 0. The Morgan fingerprint density at radius 3 is 2.54 bits per heavy atom. The van der Waals surface area contributed by atoms with Crippen LogP contribution in [-0.2, 0) is 6.42 Å². The minimum atomic E-state index is 0.0888. The van der Waals surface area contributed by atoms with Gasteiger partial charge in [-0.15, -0.1) is 5.10 Å². The number of hydrogen-bond acceptors (Lipinski definition) is 3. The van der Waals surface area contributed by atoms with Crippen molar-refractivity contribution in [2.24, 2.45) is 0 Å². The lowest BCUT2D eigenvalue weighted by atomic mass is 10.2. The van der Waals surface area contributed by atoms with Crippen molar-refractivity contribution >= 4 is 11.6 Å². The van der Waals surface area contributed by atoms with Gasteiger partial charge in [-0.1, -0.05) is 35.4 Å². The van der Waals surface area contributed by atoms with Gasteiger partial charge in [-0.3, -0.25) is 0 Å². The third-order valence-corrected chi connectivity index (χ3v) is 1.79. The predicted molar refractivity (Wildman–Crippen MR) is 48.6 cm³/mol. The monoisotopic (exact) mass is 194 g/mol. The fourth-order valence-corrected chi connectivity index (χ4v) is 1.20. The second kappa shape index (κ2) is 3.58. The van der Waals surface area contributed by atoms with Crippen molar-refractivity contribution in [1.82, 2.24) is 10.2 Å². The molecule has 0 atom stereocenters. The summed E-state index contributed by atoms with van der Waals surface area (Å²) in [6.45, 7) is 0. The molecule has 66 valence electrons. The Balaban J connectivity index is 2.15. The first kappa shape index (κ1) is 8.26. The van der Waals surface area contributed by atoms with Crippen molar-refractivity contribution in [2.45, 2.75) is 6.42 Å². The number of halogens is 1. The topological polar surface area (TPSA) is 38.9 Å². The molecule has 0 N–H and O–H groups in total. The second-order valence-corrected chi connectivity index (χ2v) is 2.93. The highest BCUT2D eigenvalue weighted by Gasteiger charge is 2.03. The zero-order valence-electron chi connectivity index (χ0n) is 6.77. The minimum absolute atomic E-state index is 0.0888. The van der Waals surface area contributed by atoms with Gasteiger partial charge in [0.15, 0.2) is 0 Å². The number of rotatable bonds is 2. The van der Waals surface area contributed by atoms with Crippen molar-refractivity contribution < 1.29 is 4.42 Å². The van der Waals surface area contributed by atoms with Gasteiger partial charge in [-0.25, -0.2) is 0 Å². The van der Waals surface area contributed by atoms with Crippen LogP contribution in [0.4, 0.5) is 0 Å². The standard InChI is InChI=1S/C9H7ClN2O/c10-9-12-11-8(13-9)6-7-4-2-1-3-5-7/h1-5H,6H2. The van der Waals surface area contributed by atoms with Gasteiger partial charge in [0, 0.05) is 0 Å². The highest BCUT2D eigenvalue weighted by molar-refractivity contribution is 6.27. The predicted octanol–water partition coefficient (Wildman–Crippen LogP) is 2.31. The Bertz CT molecular complexity index is 386. The van der Waals surface area contributed by atoms with Crippen LogP contribution in [0.25, 0.3) is 0 Å². The molecular formula is C9H7ClN2O. The largest absolute Gasteiger partial charge is 0.412 e. The quantitative estimate of drug-likeness (QED) is 0.737. The lowest BCUT2D eigenvalue weighted by Gasteiger charge is -1.93. The summed E-state index contributed by atoms with van der Waals surface area (Å²) in [6, 6.07) is 9.89. The molecule has 0 spiro atoms. The van der Waals surface area contributed by atoms with Gasteiger partial charge < -0.3 is 4.42 Å². The second-order valence-electron chi connectivity index (χ2n) is 2.61. The van der Waals surface area contributed by atoms with E-state index in [1.54, 1.807) is 0 Å². The average Bonchev–Trinajstić information content (AvgIpc) is 2.53. The molecule has 0 unspecified atom stereocenters. The van der Waals surface area contributed by atoms with E-state index in [4.69, 9.17) is 16.0 Å². The fourth-order valence-electron chi connectivity index (χ4n) is 1.08. The number of aromatic nitrogens is 2. The van der Waals surface area contributed by atoms with Gasteiger partial charge in [0.25, 0.3) is 0 Å². The first-order chi connectivity index (χ1) is 6.34. The Morgan fingerprint density at radius 2 is 1.92 bits per heavy atom. The van der Waals surface area contributed by atoms with Gasteiger partial charge in [-0.2, -0.15) is 0 Å². The van der Waals surface area contributed by atoms with E-state index in [9.17, 15) is 0 Å². The molecule has 4 heteroatoms. The average molecular weight is 195 g/mol. The molecule has 1 aromatic heterocycles. The van der Waals surface area contributed by atoms with Crippen molar-refractivity contribution in [2.75, 3.05) is 0 Å². The molecule has 1 heterocycles.